The molecule has 0 bridgehead atoms. The lowest BCUT2D eigenvalue weighted by atomic mass is 10.2. The summed E-state index contributed by atoms with van der Waals surface area (Å²) >= 11 is 0. The molecule has 0 atom stereocenters. The fourth-order valence-corrected chi connectivity index (χ4v) is 3.37. The molecule has 2 aromatic rings. The molecule has 0 aromatic heterocycles. The maximum Gasteiger partial charge on any atom is 0.416 e. The topological polar surface area (TPSA) is 60.2 Å². The van der Waals surface area contributed by atoms with E-state index in [1.165, 1.54) is 18.2 Å². The van der Waals surface area contributed by atoms with Crippen molar-refractivity contribution < 1.29 is 21.6 Å². The van der Waals surface area contributed by atoms with Gasteiger partial charge in [0.15, 0.2) is 0 Å². The van der Waals surface area contributed by atoms with Crippen LogP contribution in [0.4, 0.5) is 18.9 Å². The van der Waals surface area contributed by atoms with E-state index >= 15 is 0 Å². The average molecular weight is 315 g/mol. The lowest BCUT2D eigenvalue weighted by Crippen LogP contribution is -2.10. The Morgan fingerprint density at radius 2 is 1.71 bits per heavy atom. The molecule has 2 aromatic carbocycles. The summed E-state index contributed by atoms with van der Waals surface area (Å²) in [5, 5.41) is 0. The van der Waals surface area contributed by atoms with Gasteiger partial charge in [-0.3, -0.25) is 0 Å². The van der Waals surface area contributed by atoms with Gasteiger partial charge in [0.25, 0.3) is 0 Å². The predicted octanol–water partition coefficient (Wildman–Crippen LogP) is 3.43. The van der Waals surface area contributed by atoms with Crippen molar-refractivity contribution in [3.8, 4) is 0 Å². The van der Waals surface area contributed by atoms with Crippen LogP contribution < -0.4 is 5.73 Å². The van der Waals surface area contributed by atoms with Gasteiger partial charge in [-0.2, -0.15) is 13.2 Å². The molecular formula is C14H12F3NO2S. The van der Waals surface area contributed by atoms with E-state index in [2.05, 4.69) is 0 Å². The summed E-state index contributed by atoms with van der Waals surface area (Å²) in [4.78, 5) is -0.628. The van der Waals surface area contributed by atoms with E-state index in [0.717, 1.165) is 12.1 Å². The van der Waals surface area contributed by atoms with E-state index in [4.69, 9.17) is 5.73 Å². The van der Waals surface area contributed by atoms with Crippen molar-refractivity contribution in [1.82, 2.24) is 0 Å². The van der Waals surface area contributed by atoms with E-state index in [-0.39, 0.29) is 10.6 Å². The largest absolute Gasteiger partial charge is 0.416 e. The fraction of sp³-hybridized carbons (Fsp3) is 0.143. The molecule has 0 spiro atoms. The fourth-order valence-electron chi connectivity index (χ4n) is 1.85. The van der Waals surface area contributed by atoms with Crippen LogP contribution in [0.1, 0.15) is 11.1 Å². The summed E-state index contributed by atoms with van der Waals surface area (Å²) in [5.41, 5.74) is 4.96. The Bertz CT molecular complexity index is 783. The minimum absolute atomic E-state index is 0.0893. The summed E-state index contributed by atoms with van der Waals surface area (Å²) in [7, 11) is -4.10. The second-order valence-corrected chi connectivity index (χ2v) is 6.49. The van der Waals surface area contributed by atoms with Gasteiger partial charge in [0.05, 0.1) is 21.0 Å². The van der Waals surface area contributed by atoms with Crippen molar-refractivity contribution in [3.05, 3.63) is 53.6 Å². The molecule has 0 aliphatic rings. The first kappa shape index (κ1) is 15.4. The number of hydrogen-bond donors (Lipinski definition) is 1. The van der Waals surface area contributed by atoms with E-state index in [1.54, 1.807) is 13.0 Å². The third-order valence-corrected chi connectivity index (χ3v) is 4.74. The van der Waals surface area contributed by atoms with E-state index in [9.17, 15) is 21.6 Å². The number of aryl methyl sites for hydroxylation is 1. The highest BCUT2D eigenvalue weighted by Crippen LogP contribution is 2.34. The lowest BCUT2D eigenvalue weighted by Gasteiger charge is -2.12. The molecule has 0 aliphatic heterocycles. The zero-order valence-corrected chi connectivity index (χ0v) is 11.8. The minimum atomic E-state index is -4.63. The molecule has 7 heteroatoms. The Hall–Kier alpha value is -2.02. The minimum Gasteiger partial charge on any atom is -0.398 e. The number of alkyl halides is 3. The molecule has 0 saturated heterocycles. The van der Waals surface area contributed by atoms with Crippen LogP contribution in [0.5, 0.6) is 0 Å². The van der Waals surface area contributed by atoms with Crippen molar-refractivity contribution in [1.29, 1.82) is 0 Å². The van der Waals surface area contributed by atoms with Crippen molar-refractivity contribution in [2.75, 3.05) is 5.73 Å². The molecule has 0 unspecified atom stereocenters. The van der Waals surface area contributed by atoms with Crippen LogP contribution >= 0.6 is 0 Å². The molecule has 112 valence electrons. The van der Waals surface area contributed by atoms with Crippen LogP contribution in [-0.4, -0.2) is 8.42 Å². The van der Waals surface area contributed by atoms with Gasteiger partial charge >= 0.3 is 6.18 Å². The zero-order chi connectivity index (χ0) is 15.8. The van der Waals surface area contributed by atoms with Crippen LogP contribution in [0, 0.1) is 6.92 Å². The molecular weight excluding hydrogens is 303 g/mol. The summed E-state index contributed by atoms with van der Waals surface area (Å²) in [6, 6.07) is 8.18. The number of hydrogen-bond acceptors (Lipinski definition) is 3. The van der Waals surface area contributed by atoms with Gasteiger partial charge in [-0.15, -0.1) is 0 Å². The van der Waals surface area contributed by atoms with Gasteiger partial charge in [-0.05, 0) is 42.8 Å². The highest BCUT2D eigenvalue weighted by atomic mass is 32.2. The van der Waals surface area contributed by atoms with Gasteiger partial charge in [0.2, 0.25) is 9.84 Å². The van der Waals surface area contributed by atoms with Crippen LogP contribution in [0.25, 0.3) is 0 Å². The maximum atomic E-state index is 12.7. The Balaban J connectivity index is 2.65. The molecule has 0 fully saturated rings. The number of nitrogens with two attached hydrogens (primary N) is 1. The molecule has 0 saturated carbocycles. The Kier molecular flexibility index (Phi) is 3.71. The van der Waals surface area contributed by atoms with E-state index in [1.807, 2.05) is 0 Å². The highest BCUT2D eigenvalue weighted by Gasteiger charge is 2.33. The summed E-state index contributed by atoms with van der Waals surface area (Å²) in [6.07, 6.45) is -4.63. The van der Waals surface area contributed by atoms with Gasteiger partial charge in [-0.25, -0.2) is 8.42 Å². The molecule has 2 rings (SSSR count). The first-order valence-corrected chi connectivity index (χ1v) is 7.39. The Morgan fingerprint density at radius 1 is 1.05 bits per heavy atom. The molecule has 0 radical (unpaired) electrons. The Morgan fingerprint density at radius 3 is 2.29 bits per heavy atom. The van der Waals surface area contributed by atoms with E-state index in [0.29, 0.717) is 11.6 Å². The monoisotopic (exact) mass is 315 g/mol. The quantitative estimate of drug-likeness (QED) is 0.864. The summed E-state index contributed by atoms with van der Waals surface area (Å²) < 4.78 is 63.0. The smallest absolute Gasteiger partial charge is 0.398 e. The van der Waals surface area contributed by atoms with Crippen LogP contribution in [0.2, 0.25) is 0 Å². The SMILES string of the molecule is Cc1cccc(S(=O)(=O)c2cc(C(F)(F)F)ccc2N)c1. The van der Waals surface area contributed by atoms with E-state index < -0.39 is 26.5 Å². The first-order chi connectivity index (χ1) is 9.62. The van der Waals surface area contributed by atoms with Crippen LogP contribution in [-0.2, 0) is 16.0 Å². The second-order valence-electron chi connectivity index (χ2n) is 4.57. The molecule has 0 heterocycles. The molecule has 2 N–H and O–H groups in total. The number of rotatable bonds is 2. The third kappa shape index (κ3) is 3.02. The van der Waals surface area contributed by atoms with Gasteiger partial charge in [0.1, 0.15) is 0 Å². The molecule has 0 aliphatic carbocycles. The van der Waals surface area contributed by atoms with Gasteiger partial charge in [0, 0.05) is 0 Å². The standard InChI is InChI=1S/C14H12F3NO2S/c1-9-3-2-4-11(7-9)21(19,20)13-8-10(14(15,16)17)5-6-12(13)18/h2-8H,18H2,1H3. The normalized spacial score (nSPS) is 12.4. The van der Waals surface area contributed by atoms with Crippen molar-refractivity contribution in [3.63, 3.8) is 0 Å². The molecule has 3 nitrogen and oxygen atoms in total. The summed E-state index contributed by atoms with van der Waals surface area (Å²) in [6.45, 7) is 1.69. The first-order valence-electron chi connectivity index (χ1n) is 5.91. The van der Waals surface area contributed by atoms with Crippen molar-refractivity contribution >= 4 is 15.5 Å². The number of nitrogen functional groups attached to an aromatic ring is 1. The lowest BCUT2D eigenvalue weighted by molar-refractivity contribution is -0.137. The maximum absolute atomic E-state index is 12.7. The van der Waals surface area contributed by atoms with Gasteiger partial charge < -0.3 is 5.73 Å². The van der Waals surface area contributed by atoms with Crippen LogP contribution in [0.15, 0.2) is 52.3 Å². The number of benzene rings is 2. The number of anilines is 1. The van der Waals surface area contributed by atoms with Crippen molar-refractivity contribution in [2.45, 2.75) is 22.9 Å². The average Bonchev–Trinajstić information content (AvgIpc) is 2.37. The molecule has 0 amide bonds. The Labute approximate surface area is 120 Å². The summed E-state index contributed by atoms with van der Waals surface area (Å²) in [5.74, 6) is 0. The second kappa shape index (κ2) is 5.07. The van der Waals surface area contributed by atoms with Crippen LogP contribution in [0.3, 0.4) is 0 Å². The van der Waals surface area contributed by atoms with Gasteiger partial charge in [-0.1, -0.05) is 12.1 Å². The molecule has 21 heavy (non-hydrogen) atoms. The number of halogens is 3. The zero-order valence-electron chi connectivity index (χ0n) is 11.0. The van der Waals surface area contributed by atoms with Crippen molar-refractivity contribution in [2.24, 2.45) is 0 Å². The highest BCUT2D eigenvalue weighted by molar-refractivity contribution is 7.91. The predicted molar refractivity (Wildman–Crippen MR) is 72.5 cm³/mol. The number of sulfone groups is 1. The third-order valence-electron chi connectivity index (χ3n) is 2.93.